The first-order chi connectivity index (χ1) is 4.88. The molecule has 0 atom stereocenters. The number of carbonyl (C=O) groups excluding carboxylic acids is 1. The van der Waals surface area contributed by atoms with Crippen LogP contribution < -0.4 is 5.32 Å². The second-order valence-electron chi connectivity index (χ2n) is 2.31. The summed E-state index contributed by atoms with van der Waals surface area (Å²) in [4.78, 5) is 12.3. The largest absolute Gasteiger partial charge is 0.412 e. The molecule has 0 amide bonds. The van der Waals surface area contributed by atoms with E-state index in [0.717, 1.165) is 25.3 Å². The van der Waals surface area contributed by atoms with Crippen molar-refractivity contribution in [2.75, 3.05) is 26.2 Å². The SMILES string of the molecule is CCN1CCNCC1=C=O.O. The van der Waals surface area contributed by atoms with E-state index >= 15 is 0 Å². The Labute approximate surface area is 66.2 Å². The maximum absolute atomic E-state index is 10.3. The van der Waals surface area contributed by atoms with E-state index in [2.05, 4.69) is 5.32 Å². The van der Waals surface area contributed by atoms with Crippen molar-refractivity contribution in [1.29, 1.82) is 0 Å². The third kappa shape index (κ3) is 2.35. The molecule has 4 heteroatoms. The molecule has 1 aliphatic rings. The molecule has 0 radical (unpaired) electrons. The zero-order valence-corrected chi connectivity index (χ0v) is 6.68. The molecule has 0 spiro atoms. The summed E-state index contributed by atoms with van der Waals surface area (Å²) < 4.78 is 0. The van der Waals surface area contributed by atoms with E-state index in [1.165, 1.54) is 0 Å². The Hall–Kier alpha value is -0.830. The highest BCUT2D eigenvalue weighted by atomic mass is 16.1. The lowest BCUT2D eigenvalue weighted by Gasteiger charge is -2.28. The van der Waals surface area contributed by atoms with E-state index in [4.69, 9.17) is 0 Å². The van der Waals surface area contributed by atoms with Crippen molar-refractivity contribution in [3.05, 3.63) is 5.70 Å². The minimum absolute atomic E-state index is 0. The minimum Gasteiger partial charge on any atom is -0.412 e. The van der Waals surface area contributed by atoms with Crippen LogP contribution in [0.2, 0.25) is 0 Å². The number of hydrogen-bond acceptors (Lipinski definition) is 3. The van der Waals surface area contributed by atoms with Gasteiger partial charge in [0.25, 0.3) is 0 Å². The monoisotopic (exact) mass is 158 g/mol. The fourth-order valence-corrected chi connectivity index (χ4v) is 1.12. The van der Waals surface area contributed by atoms with Crippen LogP contribution in [0.15, 0.2) is 5.70 Å². The highest BCUT2D eigenvalue weighted by Crippen LogP contribution is 2.01. The van der Waals surface area contributed by atoms with Crippen molar-refractivity contribution in [2.45, 2.75) is 6.92 Å². The third-order valence-corrected chi connectivity index (χ3v) is 1.73. The summed E-state index contributed by atoms with van der Waals surface area (Å²) in [6.45, 7) is 5.53. The molecule has 0 unspecified atom stereocenters. The Bertz CT molecular complexity index is 164. The summed E-state index contributed by atoms with van der Waals surface area (Å²) in [7, 11) is 0. The lowest BCUT2D eigenvalue weighted by atomic mass is 10.3. The summed E-state index contributed by atoms with van der Waals surface area (Å²) in [6.07, 6.45) is 0. The lowest BCUT2D eigenvalue weighted by Crippen LogP contribution is -2.41. The van der Waals surface area contributed by atoms with Crippen molar-refractivity contribution in [2.24, 2.45) is 0 Å². The molecular formula is C7H14N2O2. The lowest BCUT2D eigenvalue weighted by molar-refractivity contribution is 0.318. The van der Waals surface area contributed by atoms with Gasteiger partial charge >= 0.3 is 0 Å². The van der Waals surface area contributed by atoms with Crippen LogP contribution in [0.25, 0.3) is 0 Å². The van der Waals surface area contributed by atoms with Crippen LogP contribution in [0.5, 0.6) is 0 Å². The first kappa shape index (κ1) is 10.2. The molecule has 1 fully saturated rings. The summed E-state index contributed by atoms with van der Waals surface area (Å²) in [5.41, 5.74) is 0.758. The second-order valence-corrected chi connectivity index (χ2v) is 2.31. The number of likely N-dealkylation sites (N-methyl/N-ethyl adjacent to an activating group) is 1. The van der Waals surface area contributed by atoms with Crippen LogP contribution in [0.4, 0.5) is 0 Å². The smallest absolute Gasteiger partial charge is 0.147 e. The van der Waals surface area contributed by atoms with Crippen LogP contribution in [0.1, 0.15) is 6.92 Å². The summed E-state index contributed by atoms with van der Waals surface area (Å²) >= 11 is 0. The Morgan fingerprint density at radius 3 is 2.91 bits per heavy atom. The molecular weight excluding hydrogens is 144 g/mol. The van der Waals surface area contributed by atoms with Crippen molar-refractivity contribution >= 4 is 5.94 Å². The van der Waals surface area contributed by atoms with Crippen LogP contribution in [-0.4, -0.2) is 42.5 Å². The third-order valence-electron chi connectivity index (χ3n) is 1.73. The van der Waals surface area contributed by atoms with Crippen LogP contribution in [0.3, 0.4) is 0 Å². The van der Waals surface area contributed by atoms with E-state index < -0.39 is 0 Å². The van der Waals surface area contributed by atoms with Gasteiger partial charge in [-0.05, 0) is 6.92 Å². The van der Waals surface area contributed by atoms with E-state index in [1.807, 2.05) is 17.8 Å². The molecule has 0 aromatic rings. The van der Waals surface area contributed by atoms with Gasteiger partial charge in [-0.25, -0.2) is 4.79 Å². The summed E-state index contributed by atoms with van der Waals surface area (Å²) in [5, 5.41) is 3.11. The molecule has 1 rings (SSSR count). The maximum atomic E-state index is 10.3. The van der Waals surface area contributed by atoms with Crippen LogP contribution >= 0.6 is 0 Å². The van der Waals surface area contributed by atoms with Crippen molar-refractivity contribution in [3.8, 4) is 0 Å². The predicted octanol–water partition coefficient (Wildman–Crippen LogP) is -1.20. The number of nitrogens with zero attached hydrogens (tertiary/aromatic N) is 1. The second kappa shape index (κ2) is 4.91. The van der Waals surface area contributed by atoms with Gasteiger partial charge in [0.2, 0.25) is 0 Å². The van der Waals surface area contributed by atoms with Crippen molar-refractivity contribution in [3.63, 3.8) is 0 Å². The van der Waals surface area contributed by atoms with Gasteiger partial charge < -0.3 is 15.7 Å². The fraction of sp³-hybridized carbons (Fsp3) is 0.714. The van der Waals surface area contributed by atoms with E-state index in [-0.39, 0.29) is 5.48 Å². The molecule has 0 bridgehead atoms. The zero-order valence-electron chi connectivity index (χ0n) is 6.68. The van der Waals surface area contributed by atoms with Gasteiger partial charge in [0, 0.05) is 26.2 Å². The van der Waals surface area contributed by atoms with Gasteiger partial charge in [0.1, 0.15) is 11.6 Å². The van der Waals surface area contributed by atoms with Gasteiger partial charge in [-0.1, -0.05) is 0 Å². The standard InChI is InChI=1S/C7H12N2O.H2O/c1-2-9-4-3-8-5-7(9)6-10;/h8H,2-5H2,1H3;1H2. The van der Waals surface area contributed by atoms with Gasteiger partial charge in [-0.3, -0.25) is 0 Å². The van der Waals surface area contributed by atoms with E-state index in [0.29, 0.717) is 6.54 Å². The first-order valence-corrected chi connectivity index (χ1v) is 3.58. The molecule has 1 aliphatic heterocycles. The Morgan fingerprint density at radius 2 is 2.45 bits per heavy atom. The van der Waals surface area contributed by atoms with E-state index in [1.54, 1.807) is 0 Å². The first-order valence-electron chi connectivity index (χ1n) is 3.58. The van der Waals surface area contributed by atoms with Crippen LogP contribution in [-0.2, 0) is 4.79 Å². The zero-order chi connectivity index (χ0) is 7.40. The molecule has 3 N–H and O–H groups in total. The van der Waals surface area contributed by atoms with Crippen molar-refractivity contribution in [1.82, 2.24) is 10.2 Å². The number of piperazine rings is 1. The quantitative estimate of drug-likeness (QED) is 0.488. The normalized spacial score (nSPS) is 17.2. The number of hydrogen-bond donors (Lipinski definition) is 1. The summed E-state index contributed by atoms with van der Waals surface area (Å²) in [5.74, 6) is 1.94. The molecule has 0 aromatic carbocycles. The molecule has 11 heavy (non-hydrogen) atoms. The molecule has 0 aromatic heterocycles. The highest BCUT2D eigenvalue weighted by Gasteiger charge is 2.12. The molecule has 4 nitrogen and oxygen atoms in total. The fourth-order valence-electron chi connectivity index (χ4n) is 1.12. The average Bonchev–Trinajstić information content (AvgIpc) is 2.04. The highest BCUT2D eigenvalue weighted by molar-refractivity contribution is 5.52. The predicted molar refractivity (Wildman–Crippen MR) is 42.9 cm³/mol. The topological polar surface area (TPSA) is 63.8 Å². The van der Waals surface area contributed by atoms with Gasteiger partial charge in [0.05, 0.1) is 0 Å². The molecule has 1 heterocycles. The summed E-state index contributed by atoms with van der Waals surface area (Å²) in [6, 6.07) is 0. The van der Waals surface area contributed by atoms with E-state index in [9.17, 15) is 4.79 Å². The number of rotatable bonds is 1. The molecule has 0 aliphatic carbocycles. The number of nitrogens with one attached hydrogen (secondary N) is 1. The Morgan fingerprint density at radius 1 is 1.73 bits per heavy atom. The maximum Gasteiger partial charge on any atom is 0.147 e. The van der Waals surface area contributed by atoms with Crippen molar-refractivity contribution < 1.29 is 10.3 Å². The average molecular weight is 158 g/mol. The van der Waals surface area contributed by atoms with Crippen LogP contribution in [0, 0.1) is 0 Å². The molecule has 1 saturated heterocycles. The van der Waals surface area contributed by atoms with Gasteiger partial charge in [0.15, 0.2) is 0 Å². The van der Waals surface area contributed by atoms with Gasteiger partial charge in [-0.15, -0.1) is 0 Å². The van der Waals surface area contributed by atoms with Gasteiger partial charge in [-0.2, -0.15) is 0 Å². The Balaban J connectivity index is 0.000001000. The molecule has 0 saturated carbocycles. The molecule has 64 valence electrons. The minimum atomic E-state index is 0. The Kier molecular flexibility index (Phi) is 4.54.